The zero-order valence-electron chi connectivity index (χ0n) is 10.4. The summed E-state index contributed by atoms with van der Waals surface area (Å²) < 4.78 is 0. The van der Waals surface area contributed by atoms with Crippen LogP contribution in [-0.2, 0) is 4.79 Å². The van der Waals surface area contributed by atoms with Crippen LogP contribution >= 0.6 is 0 Å². The molecule has 0 spiro atoms. The number of carbonyl (C=O) groups excluding carboxylic acids is 1. The molecule has 1 heterocycles. The molecule has 0 aromatic heterocycles. The van der Waals surface area contributed by atoms with Gasteiger partial charge in [0.15, 0.2) is 0 Å². The average Bonchev–Trinajstić information content (AvgIpc) is 2.27. The topological polar surface area (TPSA) is 29.1 Å². The van der Waals surface area contributed by atoms with Gasteiger partial charge in [0.1, 0.15) is 5.78 Å². The highest BCUT2D eigenvalue weighted by Crippen LogP contribution is 2.33. The summed E-state index contributed by atoms with van der Waals surface area (Å²) in [6, 6.07) is 0. The van der Waals surface area contributed by atoms with Gasteiger partial charge < -0.3 is 5.32 Å². The van der Waals surface area contributed by atoms with E-state index in [1.54, 1.807) is 0 Å². The molecule has 88 valence electrons. The maximum absolute atomic E-state index is 12.1. The molecule has 2 heteroatoms. The summed E-state index contributed by atoms with van der Waals surface area (Å²) in [4.78, 5) is 12.1. The van der Waals surface area contributed by atoms with E-state index in [0.717, 1.165) is 32.4 Å². The fourth-order valence-corrected chi connectivity index (χ4v) is 2.35. The molecule has 2 nitrogen and oxygen atoms in total. The number of hydrogen-bond donors (Lipinski definition) is 1. The Morgan fingerprint density at radius 1 is 1.47 bits per heavy atom. The first kappa shape index (κ1) is 12.7. The predicted molar refractivity (Wildman–Crippen MR) is 63.9 cm³/mol. The fraction of sp³-hybridized carbons (Fsp3) is 0.923. The van der Waals surface area contributed by atoms with Gasteiger partial charge in [0, 0.05) is 11.8 Å². The number of nitrogens with one attached hydrogen (secondary N) is 1. The van der Waals surface area contributed by atoms with E-state index in [2.05, 4.69) is 26.1 Å². The van der Waals surface area contributed by atoms with Crippen molar-refractivity contribution in [2.24, 2.45) is 11.3 Å². The lowest BCUT2D eigenvalue weighted by Crippen LogP contribution is -2.42. The van der Waals surface area contributed by atoms with Crippen molar-refractivity contribution in [3.63, 3.8) is 0 Å². The van der Waals surface area contributed by atoms with Crippen molar-refractivity contribution >= 4 is 5.78 Å². The first-order valence-corrected chi connectivity index (χ1v) is 6.33. The van der Waals surface area contributed by atoms with Crippen LogP contribution in [-0.4, -0.2) is 18.9 Å². The third-order valence-corrected chi connectivity index (χ3v) is 3.79. The molecule has 1 aliphatic rings. The highest BCUT2D eigenvalue weighted by atomic mass is 16.1. The number of hydrogen-bond acceptors (Lipinski definition) is 2. The minimum Gasteiger partial charge on any atom is -0.316 e. The van der Waals surface area contributed by atoms with Crippen molar-refractivity contribution in [2.45, 2.75) is 52.9 Å². The lowest BCUT2D eigenvalue weighted by Gasteiger charge is -2.36. The largest absolute Gasteiger partial charge is 0.316 e. The van der Waals surface area contributed by atoms with E-state index in [1.165, 1.54) is 12.8 Å². The number of piperidine rings is 1. The quantitative estimate of drug-likeness (QED) is 0.757. The van der Waals surface area contributed by atoms with Crippen molar-refractivity contribution in [2.75, 3.05) is 13.1 Å². The molecule has 1 fully saturated rings. The summed E-state index contributed by atoms with van der Waals surface area (Å²) >= 11 is 0. The second-order valence-corrected chi connectivity index (χ2v) is 5.29. The van der Waals surface area contributed by atoms with Crippen LogP contribution in [0.25, 0.3) is 0 Å². The fourth-order valence-electron chi connectivity index (χ4n) is 2.35. The van der Waals surface area contributed by atoms with Gasteiger partial charge in [-0.05, 0) is 38.3 Å². The molecule has 0 amide bonds. The van der Waals surface area contributed by atoms with E-state index in [4.69, 9.17) is 0 Å². The molecule has 15 heavy (non-hydrogen) atoms. The van der Waals surface area contributed by atoms with Crippen LogP contribution in [0.15, 0.2) is 0 Å². The van der Waals surface area contributed by atoms with Gasteiger partial charge in [-0.15, -0.1) is 0 Å². The zero-order valence-corrected chi connectivity index (χ0v) is 10.4. The van der Waals surface area contributed by atoms with Gasteiger partial charge in [-0.2, -0.15) is 0 Å². The molecule has 0 aliphatic carbocycles. The minimum atomic E-state index is -0.122. The van der Waals surface area contributed by atoms with E-state index in [1.807, 2.05) is 0 Å². The molecule has 0 saturated carbocycles. The Labute approximate surface area is 93.8 Å². The molecule has 0 bridgehead atoms. The standard InChI is InChI=1S/C13H25NO/c1-4-5-8-12(15)13(2,3)11-7-6-9-14-10-11/h11,14H,4-10H2,1-3H3. The summed E-state index contributed by atoms with van der Waals surface area (Å²) in [5.74, 6) is 0.994. The first-order valence-electron chi connectivity index (χ1n) is 6.33. The predicted octanol–water partition coefficient (Wildman–Crippen LogP) is 2.77. The van der Waals surface area contributed by atoms with Gasteiger partial charge in [-0.3, -0.25) is 4.79 Å². The highest BCUT2D eigenvalue weighted by molar-refractivity contribution is 5.84. The molecule has 1 N–H and O–H groups in total. The highest BCUT2D eigenvalue weighted by Gasteiger charge is 2.36. The van der Waals surface area contributed by atoms with Gasteiger partial charge in [0.25, 0.3) is 0 Å². The number of carbonyl (C=O) groups is 1. The van der Waals surface area contributed by atoms with E-state index in [0.29, 0.717) is 11.7 Å². The Bertz CT molecular complexity index is 205. The Hall–Kier alpha value is -0.370. The number of rotatable bonds is 5. The normalized spacial score (nSPS) is 22.7. The molecule has 1 atom stereocenters. The number of Topliss-reactive ketones (excluding diaryl/α,β-unsaturated/α-hetero) is 1. The third-order valence-electron chi connectivity index (χ3n) is 3.79. The molecule has 0 aromatic rings. The average molecular weight is 211 g/mol. The second kappa shape index (κ2) is 5.64. The molecule has 0 radical (unpaired) electrons. The van der Waals surface area contributed by atoms with E-state index in [9.17, 15) is 4.79 Å². The summed E-state index contributed by atoms with van der Waals surface area (Å²) in [6.45, 7) is 8.54. The van der Waals surface area contributed by atoms with E-state index in [-0.39, 0.29) is 5.41 Å². The van der Waals surface area contributed by atoms with Crippen LogP contribution in [0, 0.1) is 11.3 Å². The molecule has 1 saturated heterocycles. The van der Waals surface area contributed by atoms with Crippen LogP contribution in [0.5, 0.6) is 0 Å². The van der Waals surface area contributed by atoms with Gasteiger partial charge >= 0.3 is 0 Å². The maximum Gasteiger partial charge on any atom is 0.138 e. The Morgan fingerprint density at radius 3 is 2.73 bits per heavy atom. The van der Waals surface area contributed by atoms with E-state index >= 15 is 0 Å². The minimum absolute atomic E-state index is 0.122. The molecule has 1 aliphatic heterocycles. The second-order valence-electron chi connectivity index (χ2n) is 5.29. The lowest BCUT2D eigenvalue weighted by atomic mass is 9.71. The molecular formula is C13H25NO. The molecule has 1 rings (SSSR count). The first-order chi connectivity index (χ1) is 7.09. The number of ketones is 1. The molecular weight excluding hydrogens is 186 g/mol. The van der Waals surface area contributed by atoms with Crippen molar-refractivity contribution in [1.29, 1.82) is 0 Å². The third kappa shape index (κ3) is 3.30. The summed E-state index contributed by atoms with van der Waals surface area (Å²) in [5.41, 5.74) is -0.122. The Morgan fingerprint density at radius 2 is 2.20 bits per heavy atom. The van der Waals surface area contributed by atoms with Crippen molar-refractivity contribution < 1.29 is 4.79 Å². The van der Waals surface area contributed by atoms with Gasteiger partial charge in [-0.1, -0.05) is 27.2 Å². The zero-order chi connectivity index (χ0) is 11.3. The van der Waals surface area contributed by atoms with Crippen molar-refractivity contribution in [1.82, 2.24) is 5.32 Å². The summed E-state index contributed by atoms with van der Waals surface area (Å²) in [6.07, 6.45) is 5.35. The smallest absolute Gasteiger partial charge is 0.138 e. The van der Waals surface area contributed by atoms with Gasteiger partial charge in [0.2, 0.25) is 0 Å². The Kier molecular flexibility index (Phi) is 4.78. The van der Waals surface area contributed by atoms with Crippen LogP contribution in [0.2, 0.25) is 0 Å². The monoisotopic (exact) mass is 211 g/mol. The lowest BCUT2D eigenvalue weighted by molar-refractivity contribution is -0.130. The van der Waals surface area contributed by atoms with E-state index < -0.39 is 0 Å². The van der Waals surface area contributed by atoms with Crippen molar-refractivity contribution in [3.05, 3.63) is 0 Å². The SMILES string of the molecule is CCCCC(=O)C(C)(C)C1CCCNC1. The van der Waals surface area contributed by atoms with Crippen LogP contribution < -0.4 is 5.32 Å². The van der Waals surface area contributed by atoms with Gasteiger partial charge in [-0.25, -0.2) is 0 Å². The number of unbranched alkanes of at least 4 members (excludes halogenated alkanes) is 1. The van der Waals surface area contributed by atoms with Crippen LogP contribution in [0.3, 0.4) is 0 Å². The van der Waals surface area contributed by atoms with Crippen LogP contribution in [0.4, 0.5) is 0 Å². The molecule has 1 unspecified atom stereocenters. The van der Waals surface area contributed by atoms with Crippen molar-refractivity contribution in [3.8, 4) is 0 Å². The Balaban J connectivity index is 2.51. The van der Waals surface area contributed by atoms with Crippen LogP contribution in [0.1, 0.15) is 52.9 Å². The van der Waals surface area contributed by atoms with Gasteiger partial charge in [0.05, 0.1) is 0 Å². The maximum atomic E-state index is 12.1. The summed E-state index contributed by atoms with van der Waals surface area (Å²) in [7, 11) is 0. The summed E-state index contributed by atoms with van der Waals surface area (Å²) in [5, 5.41) is 3.40. The molecule has 0 aromatic carbocycles.